The summed E-state index contributed by atoms with van der Waals surface area (Å²) in [4.78, 5) is 14.3. The van der Waals surface area contributed by atoms with E-state index in [2.05, 4.69) is 0 Å². The number of hydrogen-bond donors (Lipinski definition) is 0. The van der Waals surface area contributed by atoms with Crippen LogP contribution in [0.4, 0.5) is 0 Å². The van der Waals surface area contributed by atoms with Crippen LogP contribution in [0.3, 0.4) is 0 Å². The number of methoxy groups -OCH3 is 1. The predicted molar refractivity (Wildman–Crippen MR) is 80.5 cm³/mol. The van der Waals surface area contributed by atoms with Crippen LogP contribution in [0.1, 0.15) is 28.0 Å². The molecule has 2 heterocycles. The fourth-order valence-corrected chi connectivity index (χ4v) is 2.57. The van der Waals surface area contributed by atoms with Gasteiger partial charge in [-0.2, -0.15) is 0 Å². The average Bonchev–Trinajstić information content (AvgIpc) is 3.04. The van der Waals surface area contributed by atoms with Crippen LogP contribution in [0.2, 0.25) is 0 Å². The smallest absolute Gasteiger partial charge is 0.289 e. The van der Waals surface area contributed by atoms with E-state index in [1.807, 2.05) is 30.3 Å². The molecule has 1 unspecified atom stereocenters. The Kier molecular flexibility index (Phi) is 4.56. The number of carbonyl (C=O) groups is 1. The summed E-state index contributed by atoms with van der Waals surface area (Å²) >= 11 is 0. The molecule has 116 valence electrons. The molecule has 0 aliphatic carbocycles. The largest absolute Gasteiger partial charge is 0.453 e. The van der Waals surface area contributed by atoms with Gasteiger partial charge in [-0.1, -0.05) is 30.3 Å². The first-order valence-corrected chi connectivity index (χ1v) is 7.31. The van der Waals surface area contributed by atoms with Gasteiger partial charge < -0.3 is 18.8 Å². The highest BCUT2D eigenvalue weighted by Gasteiger charge is 2.27. The van der Waals surface area contributed by atoms with Crippen LogP contribution in [0.5, 0.6) is 0 Å². The van der Waals surface area contributed by atoms with Gasteiger partial charge >= 0.3 is 0 Å². The monoisotopic (exact) mass is 301 g/mol. The Morgan fingerprint density at radius 3 is 2.86 bits per heavy atom. The number of carbonyl (C=O) groups excluding carboxylic acids is 1. The molecule has 1 aliphatic rings. The molecule has 2 aromatic rings. The van der Waals surface area contributed by atoms with Crippen LogP contribution in [-0.4, -0.2) is 37.6 Å². The summed E-state index contributed by atoms with van der Waals surface area (Å²) in [7, 11) is 1.59. The third-order valence-electron chi connectivity index (χ3n) is 3.68. The van der Waals surface area contributed by atoms with Crippen LogP contribution in [-0.2, 0) is 16.1 Å². The Morgan fingerprint density at radius 2 is 2.09 bits per heavy atom. The Balaban J connectivity index is 1.69. The third kappa shape index (κ3) is 3.21. The molecule has 3 rings (SSSR count). The van der Waals surface area contributed by atoms with Gasteiger partial charge in [0.05, 0.1) is 13.2 Å². The molecule has 22 heavy (non-hydrogen) atoms. The lowest BCUT2D eigenvalue weighted by atomic mass is 10.1. The summed E-state index contributed by atoms with van der Waals surface area (Å²) in [6.07, 6.45) is -0.0905. The fraction of sp³-hybridized carbons (Fsp3) is 0.353. The molecule has 0 N–H and O–H groups in total. The molecule has 0 radical (unpaired) electrons. The van der Waals surface area contributed by atoms with Gasteiger partial charge in [0, 0.05) is 13.7 Å². The Morgan fingerprint density at radius 1 is 1.27 bits per heavy atom. The predicted octanol–water partition coefficient (Wildman–Crippen LogP) is 2.64. The molecular weight excluding hydrogens is 282 g/mol. The van der Waals surface area contributed by atoms with Crippen molar-refractivity contribution in [3.05, 3.63) is 59.5 Å². The number of benzene rings is 1. The number of hydrogen-bond acceptors (Lipinski definition) is 4. The van der Waals surface area contributed by atoms with Crippen LogP contribution < -0.4 is 0 Å². The minimum absolute atomic E-state index is 0.0905. The molecule has 0 bridgehead atoms. The molecule has 1 aromatic carbocycles. The molecule has 1 atom stereocenters. The maximum atomic E-state index is 12.5. The Hall–Kier alpha value is -2.11. The van der Waals surface area contributed by atoms with Crippen LogP contribution in [0.25, 0.3) is 0 Å². The van der Waals surface area contributed by atoms with Crippen molar-refractivity contribution >= 4 is 5.91 Å². The summed E-state index contributed by atoms with van der Waals surface area (Å²) in [5.74, 6) is 0.895. The number of amides is 1. The van der Waals surface area contributed by atoms with Gasteiger partial charge in [0.2, 0.25) is 0 Å². The minimum atomic E-state index is -0.105. The molecule has 0 spiro atoms. The highest BCUT2D eigenvalue weighted by molar-refractivity contribution is 5.91. The van der Waals surface area contributed by atoms with Crippen molar-refractivity contribution < 1.29 is 18.7 Å². The Bertz CT molecular complexity index is 623. The van der Waals surface area contributed by atoms with Gasteiger partial charge in [-0.3, -0.25) is 4.79 Å². The number of nitrogens with zero attached hydrogens (tertiary/aromatic N) is 1. The summed E-state index contributed by atoms with van der Waals surface area (Å²) in [5.41, 5.74) is 1.08. The van der Waals surface area contributed by atoms with Crippen LogP contribution >= 0.6 is 0 Å². The van der Waals surface area contributed by atoms with E-state index in [9.17, 15) is 4.79 Å². The van der Waals surface area contributed by atoms with Crippen molar-refractivity contribution in [2.45, 2.75) is 12.7 Å². The van der Waals surface area contributed by atoms with E-state index in [-0.39, 0.29) is 12.0 Å². The van der Waals surface area contributed by atoms with Crippen molar-refractivity contribution in [3.8, 4) is 0 Å². The number of morpholine rings is 1. The third-order valence-corrected chi connectivity index (χ3v) is 3.68. The maximum absolute atomic E-state index is 12.5. The Labute approximate surface area is 129 Å². The minimum Gasteiger partial charge on any atom is -0.453 e. The summed E-state index contributed by atoms with van der Waals surface area (Å²) in [5, 5.41) is 0. The topological polar surface area (TPSA) is 51.9 Å². The van der Waals surface area contributed by atoms with Crippen molar-refractivity contribution in [1.29, 1.82) is 0 Å². The quantitative estimate of drug-likeness (QED) is 0.871. The standard InChI is InChI=1S/C17H19NO4/c1-20-12-14-7-8-15(22-14)17(19)18-9-10-21-16(11-18)13-5-3-2-4-6-13/h2-8,16H,9-12H2,1H3. The molecule has 0 saturated carbocycles. The summed E-state index contributed by atoms with van der Waals surface area (Å²) < 4.78 is 16.3. The van der Waals surface area contributed by atoms with Gasteiger partial charge in [-0.05, 0) is 17.7 Å². The first-order valence-electron chi connectivity index (χ1n) is 7.31. The molecule has 1 aliphatic heterocycles. The zero-order valence-corrected chi connectivity index (χ0v) is 12.5. The lowest BCUT2D eigenvalue weighted by Crippen LogP contribution is -2.42. The van der Waals surface area contributed by atoms with Gasteiger partial charge in [0.25, 0.3) is 5.91 Å². The van der Waals surface area contributed by atoms with Crippen molar-refractivity contribution in [2.24, 2.45) is 0 Å². The van der Waals surface area contributed by atoms with Crippen molar-refractivity contribution in [1.82, 2.24) is 4.90 Å². The van der Waals surface area contributed by atoms with Crippen LogP contribution in [0.15, 0.2) is 46.9 Å². The first-order chi connectivity index (χ1) is 10.8. The van der Waals surface area contributed by atoms with E-state index in [1.165, 1.54) is 0 Å². The fourth-order valence-electron chi connectivity index (χ4n) is 2.57. The average molecular weight is 301 g/mol. The first kappa shape index (κ1) is 14.8. The molecule has 1 fully saturated rings. The molecule has 5 heteroatoms. The van der Waals surface area contributed by atoms with Crippen molar-refractivity contribution in [2.75, 3.05) is 26.8 Å². The highest BCUT2D eigenvalue weighted by atomic mass is 16.5. The van der Waals surface area contributed by atoms with E-state index < -0.39 is 0 Å². The van der Waals surface area contributed by atoms with E-state index in [4.69, 9.17) is 13.9 Å². The number of rotatable bonds is 4. The van der Waals surface area contributed by atoms with Gasteiger partial charge in [-0.15, -0.1) is 0 Å². The summed E-state index contributed by atoms with van der Waals surface area (Å²) in [6.45, 7) is 1.99. The maximum Gasteiger partial charge on any atom is 0.289 e. The molecule has 1 amide bonds. The lowest BCUT2D eigenvalue weighted by Gasteiger charge is -2.32. The number of ether oxygens (including phenoxy) is 2. The van der Waals surface area contributed by atoms with E-state index in [0.717, 1.165) is 5.56 Å². The van der Waals surface area contributed by atoms with Crippen LogP contribution in [0, 0.1) is 0 Å². The van der Waals surface area contributed by atoms with Crippen molar-refractivity contribution in [3.63, 3.8) is 0 Å². The van der Waals surface area contributed by atoms with Gasteiger partial charge in [0.15, 0.2) is 5.76 Å². The SMILES string of the molecule is COCc1ccc(C(=O)N2CCOC(c3ccccc3)C2)o1. The molecule has 5 nitrogen and oxygen atoms in total. The second-order valence-corrected chi connectivity index (χ2v) is 5.22. The van der Waals surface area contributed by atoms with E-state index in [1.54, 1.807) is 24.1 Å². The second kappa shape index (κ2) is 6.77. The zero-order valence-electron chi connectivity index (χ0n) is 12.5. The van der Waals surface area contributed by atoms with E-state index >= 15 is 0 Å². The molecule has 1 aromatic heterocycles. The number of furan rings is 1. The van der Waals surface area contributed by atoms with Gasteiger partial charge in [0.1, 0.15) is 18.5 Å². The molecule has 1 saturated heterocycles. The highest BCUT2D eigenvalue weighted by Crippen LogP contribution is 2.23. The van der Waals surface area contributed by atoms with Gasteiger partial charge in [-0.25, -0.2) is 0 Å². The van der Waals surface area contributed by atoms with E-state index in [0.29, 0.717) is 37.8 Å². The normalized spacial score (nSPS) is 18.4. The second-order valence-electron chi connectivity index (χ2n) is 5.22. The lowest BCUT2D eigenvalue weighted by molar-refractivity contribution is -0.0238. The molecular formula is C17H19NO4. The zero-order chi connectivity index (χ0) is 15.4. The summed E-state index contributed by atoms with van der Waals surface area (Å²) in [6, 6.07) is 13.4.